The molecule has 0 bridgehead atoms. The second-order valence-electron chi connectivity index (χ2n) is 8.27. The van der Waals surface area contributed by atoms with Crippen molar-refractivity contribution in [2.75, 3.05) is 37.6 Å². The lowest BCUT2D eigenvalue weighted by molar-refractivity contribution is -0.165. The van der Waals surface area contributed by atoms with Crippen LogP contribution in [0.1, 0.15) is 56.3 Å². The normalized spacial score (nSPS) is 23.7. The highest BCUT2D eigenvalue weighted by Crippen LogP contribution is 2.61. The quantitative estimate of drug-likeness (QED) is 0.469. The van der Waals surface area contributed by atoms with Crippen LogP contribution in [0.4, 0.5) is 0 Å². The molecule has 1 aromatic rings. The molecule has 0 aliphatic carbocycles. The Morgan fingerprint density at radius 3 is 2.44 bits per heavy atom. The molecule has 0 spiro atoms. The summed E-state index contributed by atoms with van der Waals surface area (Å²) >= 11 is 0. The van der Waals surface area contributed by atoms with E-state index in [-0.39, 0.29) is 16.8 Å². The molecule has 2 aliphatic heterocycles. The van der Waals surface area contributed by atoms with Crippen molar-refractivity contribution in [1.29, 1.82) is 0 Å². The van der Waals surface area contributed by atoms with Crippen LogP contribution in [0.3, 0.4) is 0 Å². The van der Waals surface area contributed by atoms with E-state index in [1.807, 2.05) is 24.3 Å². The van der Waals surface area contributed by atoms with E-state index in [1.54, 1.807) is 0 Å². The molecule has 1 aromatic carbocycles. The minimum absolute atomic E-state index is 0.0796. The fourth-order valence-corrected chi connectivity index (χ4v) is 7.38. The Morgan fingerprint density at radius 2 is 1.81 bits per heavy atom. The Bertz CT molecular complexity index is 614. The zero-order valence-electron chi connectivity index (χ0n) is 17.0. The molecule has 152 valence electrons. The van der Waals surface area contributed by atoms with Gasteiger partial charge in [-0.2, -0.15) is 0 Å². The summed E-state index contributed by atoms with van der Waals surface area (Å²) in [4.78, 5) is 13.2. The topological polar surface area (TPSA) is 44.8 Å². The Morgan fingerprint density at radius 1 is 1.11 bits per heavy atom. The van der Waals surface area contributed by atoms with Crippen LogP contribution in [0.5, 0.6) is 5.75 Å². The summed E-state index contributed by atoms with van der Waals surface area (Å²) in [7, 11) is -0.877. The number of ether oxygens (including phenoxy) is 3. The second-order valence-corrected chi connectivity index (χ2v) is 12.7. The van der Waals surface area contributed by atoms with E-state index >= 15 is 0 Å². The van der Waals surface area contributed by atoms with Gasteiger partial charge in [-0.3, -0.25) is 4.79 Å². The van der Waals surface area contributed by atoms with Gasteiger partial charge < -0.3 is 14.2 Å². The van der Waals surface area contributed by atoms with Crippen LogP contribution < -0.4 is 4.74 Å². The number of Topliss-reactive ketones (excluding diaryl/α,β-unsaturated/α-hetero) is 1. The molecule has 2 fully saturated rings. The zero-order valence-corrected chi connectivity index (χ0v) is 17.8. The first kappa shape index (κ1) is 20.7. The van der Waals surface area contributed by atoms with Gasteiger partial charge >= 0.3 is 0 Å². The highest BCUT2D eigenvalue weighted by atomic mass is 32.3. The molecule has 2 saturated heterocycles. The van der Waals surface area contributed by atoms with E-state index in [2.05, 4.69) is 20.1 Å². The van der Waals surface area contributed by atoms with Crippen molar-refractivity contribution >= 4 is 15.8 Å². The van der Waals surface area contributed by atoms with Crippen molar-refractivity contribution in [3.63, 3.8) is 0 Å². The summed E-state index contributed by atoms with van der Waals surface area (Å²) in [6.45, 7) is 6.08. The van der Waals surface area contributed by atoms with Crippen LogP contribution in [-0.2, 0) is 9.47 Å². The molecule has 0 N–H and O–H groups in total. The van der Waals surface area contributed by atoms with Crippen LogP contribution in [-0.4, -0.2) is 54.4 Å². The van der Waals surface area contributed by atoms with E-state index in [9.17, 15) is 4.79 Å². The first-order valence-electron chi connectivity index (χ1n) is 10.2. The second kappa shape index (κ2) is 8.97. The predicted molar refractivity (Wildman–Crippen MR) is 112 cm³/mol. The van der Waals surface area contributed by atoms with Gasteiger partial charge in [0.15, 0.2) is 12.1 Å². The summed E-state index contributed by atoms with van der Waals surface area (Å²) in [5, 5.41) is 0. The molecule has 1 unspecified atom stereocenters. The first-order valence-corrected chi connectivity index (χ1v) is 12.5. The van der Waals surface area contributed by atoms with Gasteiger partial charge in [0.05, 0.1) is 11.4 Å². The Labute approximate surface area is 165 Å². The van der Waals surface area contributed by atoms with Crippen LogP contribution >= 0.6 is 10.0 Å². The maximum Gasteiger partial charge on any atom is 0.176 e. The van der Waals surface area contributed by atoms with E-state index in [0.29, 0.717) is 13.2 Å². The highest BCUT2D eigenvalue weighted by Gasteiger charge is 2.43. The monoisotopic (exact) mass is 394 g/mol. The summed E-state index contributed by atoms with van der Waals surface area (Å²) in [5.74, 6) is 3.48. The van der Waals surface area contributed by atoms with E-state index in [1.165, 1.54) is 24.3 Å². The van der Waals surface area contributed by atoms with Gasteiger partial charge in [0, 0.05) is 12.2 Å². The maximum atomic E-state index is 13.2. The minimum atomic E-state index is -0.877. The molecule has 0 aromatic heterocycles. The molecule has 27 heavy (non-hydrogen) atoms. The molecular formula is C22H34O4S. The molecule has 3 rings (SSSR count). The molecule has 2 aliphatic rings. The lowest BCUT2D eigenvalue weighted by Gasteiger charge is -2.45. The SMILES string of the molecule is CC(C)(C(=O)c1ccc(OCCOC2CCCCO2)cc1)S1(C)CCCC1. The number of ketones is 1. The first-order chi connectivity index (χ1) is 12.9. The summed E-state index contributed by atoms with van der Waals surface area (Å²) < 4.78 is 16.7. The lowest BCUT2D eigenvalue weighted by Crippen LogP contribution is -2.38. The van der Waals surface area contributed by atoms with Crippen LogP contribution in [0.25, 0.3) is 0 Å². The molecule has 0 saturated carbocycles. The van der Waals surface area contributed by atoms with Gasteiger partial charge in [-0.15, -0.1) is 0 Å². The molecule has 0 amide bonds. The third kappa shape index (κ3) is 4.87. The van der Waals surface area contributed by atoms with Crippen molar-refractivity contribution in [3.8, 4) is 5.75 Å². The fourth-order valence-electron chi connectivity index (χ4n) is 3.91. The lowest BCUT2D eigenvalue weighted by atomic mass is 10.0. The van der Waals surface area contributed by atoms with Crippen LogP contribution in [0.2, 0.25) is 0 Å². The van der Waals surface area contributed by atoms with Crippen molar-refractivity contribution < 1.29 is 19.0 Å². The van der Waals surface area contributed by atoms with Crippen LogP contribution in [0.15, 0.2) is 24.3 Å². The van der Waals surface area contributed by atoms with E-state index in [4.69, 9.17) is 14.2 Å². The van der Waals surface area contributed by atoms with Gasteiger partial charge in [-0.05, 0) is 88.0 Å². The van der Waals surface area contributed by atoms with Crippen LogP contribution in [0, 0.1) is 0 Å². The average Bonchev–Trinajstić information content (AvgIpc) is 3.14. The summed E-state index contributed by atoms with van der Waals surface area (Å²) in [5.41, 5.74) is 0.792. The highest BCUT2D eigenvalue weighted by molar-refractivity contribution is 8.34. The molecule has 2 heterocycles. The van der Waals surface area contributed by atoms with Crippen molar-refractivity contribution in [2.24, 2.45) is 0 Å². The Balaban J connectivity index is 1.49. The molecule has 4 nitrogen and oxygen atoms in total. The number of carbonyl (C=O) groups is 1. The van der Waals surface area contributed by atoms with Gasteiger partial charge in [0.25, 0.3) is 0 Å². The smallest absolute Gasteiger partial charge is 0.176 e. The average molecular weight is 395 g/mol. The predicted octanol–water partition coefficient (Wildman–Crippen LogP) is 4.80. The summed E-state index contributed by atoms with van der Waals surface area (Å²) in [6.07, 6.45) is 8.06. The molecule has 1 atom stereocenters. The van der Waals surface area contributed by atoms with Crippen molar-refractivity contribution in [1.82, 2.24) is 0 Å². The number of hydrogen-bond donors (Lipinski definition) is 0. The van der Waals surface area contributed by atoms with Gasteiger partial charge in [0.2, 0.25) is 0 Å². The molecule has 5 heteroatoms. The summed E-state index contributed by atoms with van der Waals surface area (Å²) in [6, 6.07) is 7.60. The molecule has 0 radical (unpaired) electrons. The van der Waals surface area contributed by atoms with Crippen molar-refractivity contribution in [3.05, 3.63) is 29.8 Å². The number of benzene rings is 1. The van der Waals surface area contributed by atoms with E-state index < -0.39 is 10.0 Å². The minimum Gasteiger partial charge on any atom is -0.491 e. The Hall–Kier alpha value is -1.04. The van der Waals surface area contributed by atoms with Gasteiger partial charge in [-0.1, -0.05) is 0 Å². The molecular weight excluding hydrogens is 360 g/mol. The third-order valence-electron chi connectivity index (χ3n) is 6.13. The van der Waals surface area contributed by atoms with E-state index in [0.717, 1.165) is 37.2 Å². The number of carbonyl (C=O) groups excluding carboxylic acids is 1. The Kier molecular flexibility index (Phi) is 6.88. The third-order valence-corrected chi connectivity index (χ3v) is 11.2. The number of rotatable bonds is 8. The largest absolute Gasteiger partial charge is 0.491 e. The van der Waals surface area contributed by atoms with Gasteiger partial charge in [-0.25, -0.2) is 10.0 Å². The van der Waals surface area contributed by atoms with Gasteiger partial charge in [0.1, 0.15) is 12.4 Å². The zero-order chi connectivity index (χ0) is 19.3. The van der Waals surface area contributed by atoms with Crippen molar-refractivity contribution in [2.45, 2.75) is 57.0 Å². The number of hydrogen-bond acceptors (Lipinski definition) is 4. The fraction of sp³-hybridized carbons (Fsp3) is 0.682. The maximum absolute atomic E-state index is 13.2. The standard InChI is InChI=1S/C22H34O4S/c1-22(2,27(3)16-6-7-17-27)21(23)18-9-11-19(12-10-18)24-14-15-26-20-8-4-5-13-25-20/h9-12,20H,4-8,13-17H2,1-3H3.